The summed E-state index contributed by atoms with van der Waals surface area (Å²) in [5.41, 5.74) is 0.624. The van der Waals surface area contributed by atoms with Crippen molar-refractivity contribution < 1.29 is 13.2 Å². The lowest BCUT2D eigenvalue weighted by molar-refractivity contribution is -0.116. The second kappa shape index (κ2) is 6.88. The molecule has 0 amide bonds. The number of carbonyl (C=O) groups excluding carboxylic acids is 1. The second-order valence-corrected chi connectivity index (χ2v) is 9.26. The predicted molar refractivity (Wildman–Crippen MR) is 89.1 cm³/mol. The zero-order valence-electron chi connectivity index (χ0n) is 12.1. The van der Waals surface area contributed by atoms with Crippen LogP contribution in [0.4, 0.5) is 0 Å². The van der Waals surface area contributed by atoms with E-state index >= 15 is 0 Å². The predicted octanol–water partition coefficient (Wildman–Crippen LogP) is 2.90. The molecule has 22 heavy (non-hydrogen) atoms. The molecule has 1 N–H and O–H groups in total. The van der Waals surface area contributed by atoms with Gasteiger partial charge in [-0.3, -0.25) is 4.79 Å². The van der Waals surface area contributed by atoms with Gasteiger partial charge in [0, 0.05) is 38.3 Å². The number of rotatable bonds is 4. The zero-order valence-corrected chi connectivity index (χ0v) is 15.2. The van der Waals surface area contributed by atoms with Gasteiger partial charge in [-0.15, -0.1) is 11.3 Å². The van der Waals surface area contributed by atoms with Crippen LogP contribution in [0.2, 0.25) is 8.67 Å². The van der Waals surface area contributed by atoms with E-state index in [0.717, 1.165) is 11.3 Å². The minimum absolute atomic E-state index is 0.0146. The molecule has 1 aliphatic carbocycles. The van der Waals surface area contributed by atoms with Crippen LogP contribution in [0.3, 0.4) is 0 Å². The van der Waals surface area contributed by atoms with Crippen LogP contribution in [0, 0.1) is 0 Å². The van der Waals surface area contributed by atoms with Gasteiger partial charge in [0.05, 0.1) is 4.34 Å². The Kier molecular flexibility index (Phi) is 5.55. The van der Waals surface area contributed by atoms with Gasteiger partial charge in [-0.05, 0) is 18.9 Å². The van der Waals surface area contributed by atoms with Gasteiger partial charge in [0.15, 0.2) is 5.78 Å². The number of nitrogens with zero attached hydrogens (tertiary/aromatic N) is 1. The van der Waals surface area contributed by atoms with Gasteiger partial charge >= 0.3 is 0 Å². The molecule has 0 saturated heterocycles. The van der Waals surface area contributed by atoms with E-state index in [9.17, 15) is 13.2 Å². The van der Waals surface area contributed by atoms with Crippen LogP contribution in [0.5, 0.6) is 0 Å². The minimum Gasteiger partial charge on any atom is -0.383 e. The molecular formula is C13H16Cl2N2O3S2. The smallest absolute Gasteiger partial charge is 0.243 e. The third-order valence-electron chi connectivity index (χ3n) is 3.20. The quantitative estimate of drug-likeness (QED) is 0.812. The van der Waals surface area contributed by atoms with Gasteiger partial charge < -0.3 is 4.90 Å². The summed E-state index contributed by atoms with van der Waals surface area (Å²) in [7, 11) is -0.106. The van der Waals surface area contributed by atoms with Crippen LogP contribution < -0.4 is 4.72 Å². The van der Waals surface area contributed by atoms with E-state index in [0.29, 0.717) is 29.2 Å². The van der Waals surface area contributed by atoms with E-state index in [1.165, 1.54) is 6.07 Å². The lowest BCUT2D eigenvalue weighted by atomic mass is 9.90. The highest BCUT2D eigenvalue weighted by molar-refractivity contribution is 7.89. The van der Waals surface area contributed by atoms with Crippen molar-refractivity contribution in [2.24, 2.45) is 0 Å². The first-order valence-corrected chi connectivity index (χ1v) is 9.62. The fourth-order valence-electron chi connectivity index (χ4n) is 2.28. The van der Waals surface area contributed by atoms with E-state index in [1.807, 2.05) is 14.1 Å². The first kappa shape index (κ1) is 17.7. The number of carbonyl (C=O) groups is 1. The first-order valence-electron chi connectivity index (χ1n) is 6.56. The van der Waals surface area contributed by atoms with Crippen molar-refractivity contribution in [2.45, 2.75) is 30.2 Å². The largest absolute Gasteiger partial charge is 0.383 e. The zero-order chi connectivity index (χ0) is 16.5. The van der Waals surface area contributed by atoms with Crippen molar-refractivity contribution in [3.8, 4) is 0 Å². The number of nitrogens with one attached hydrogen (secondary N) is 1. The molecule has 122 valence electrons. The van der Waals surface area contributed by atoms with E-state index in [4.69, 9.17) is 23.2 Å². The molecule has 0 aliphatic heterocycles. The Morgan fingerprint density at radius 1 is 1.41 bits per heavy atom. The lowest BCUT2D eigenvalue weighted by Crippen LogP contribution is -2.38. The Morgan fingerprint density at radius 3 is 2.64 bits per heavy atom. The number of sulfonamides is 1. The molecule has 1 heterocycles. The number of hydrogen-bond acceptors (Lipinski definition) is 5. The summed E-state index contributed by atoms with van der Waals surface area (Å²) in [6, 6.07) is 1.00. The normalized spacial score (nSPS) is 21.4. The topological polar surface area (TPSA) is 66.5 Å². The van der Waals surface area contributed by atoms with E-state index < -0.39 is 10.0 Å². The molecule has 1 unspecified atom stereocenters. The molecular weight excluding hydrogens is 367 g/mol. The van der Waals surface area contributed by atoms with E-state index in [1.54, 1.807) is 11.1 Å². The number of hydrogen-bond donors (Lipinski definition) is 1. The number of ketones is 1. The molecule has 0 bridgehead atoms. The number of halogens is 2. The highest BCUT2D eigenvalue weighted by Crippen LogP contribution is 2.34. The summed E-state index contributed by atoms with van der Waals surface area (Å²) < 4.78 is 27.8. The molecule has 1 aromatic heterocycles. The highest BCUT2D eigenvalue weighted by atomic mass is 35.5. The van der Waals surface area contributed by atoms with Crippen molar-refractivity contribution in [3.63, 3.8) is 0 Å². The van der Waals surface area contributed by atoms with Gasteiger partial charge in [0.2, 0.25) is 10.0 Å². The number of Topliss-reactive ketones (excluding diaryl/α,β-unsaturated/α-hetero) is 1. The first-order chi connectivity index (χ1) is 10.2. The molecule has 0 radical (unpaired) electrons. The monoisotopic (exact) mass is 382 g/mol. The van der Waals surface area contributed by atoms with Crippen LogP contribution in [0.25, 0.3) is 0 Å². The molecule has 5 nitrogen and oxygen atoms in total. The Bertz CT molecular complexity index is 711. The average Bonchev–Trinajstić information content (AvgIpc) is 2.72. The maximum absolute atomic E-state index is 12.4. The third kappa shape index (κ3) is 4.23. The maximum atomic E-state index is 12.4. The van der Waals surface area contributed by atoms with E-state index in [2.05, 4.69) is 4.72 Å². The Labute approximate surface area is 143 Å². The van der Waals surface area contributed by atoms with Crippen LogP contribution in [-0.2, 0) is 14.8 Å². The SMILES string of the molecule is CN(C)C=C1CC(NS(=O)(=O)c2cc(Cl)sc2Cl)CCC1=O. The standard InChI is InChI=1S/C13H16Cl2N2O3S2/c1-17(2)7-8-5-9(3-4-10(8)18)16-22(19,20)11-6-12(14)21-13(11)15/h6-7,9,16H,3-5H2,1-2H3. The van der Waals surface area contributed by atoms with Gasteiger partial charge in [-0.25, -0.2) is 13.1 Å². The van der Waals surface area contributed by atoms with Gasteiger partial charge in [-0.1, -0.05) is 23.2 Å². The van der Waals surface area contributed by atoms with Crippen LogP contribution in [0.15, 0.2) is 22.7 Å². The van der Waals surface area contributed by atoms with Crippen LogP contribution in [-0.4, -0.2) is 39.2 Å². The summed E-state index contributed by atoms with van der Waals surface area (Å²) in [5.74, 6) is 0.0563. The lowest BCUT2D eigenvalue weighted by Gasteiger charge is -2.25. The van der Waals surface area contributed by atoms with E-state index in [-0.39, 0.29) is 21.1 Å². The van der Waals surface area contributed by atoms with Crippen molar-refractivity contribution in [1.29, 1.82) is 0 Å². The van der Waals surface area contributed by atoms with Crippen LogP contribution >= 0.6 is 34.5 Å². The van der Waals surface area contributed by atoms with Crippen molar-refractivity contribution >= 4 is 50.3 Å². The molecule has 1 aliphatic rings. The molecule has 9 heteroatoms. The molecule has 1 atom stereocenters. The molecule has 1 fully saturated rings. The second-order valence-electron chi connectivity index (χ2n) is 5.29. The molecule has 1 aromatic rings. The summed E-state index contributed by atoms with van der Waals surface area (Å²) in [5, 5.41) is 0. The third-order valence-corrected chi connectivity index (χ3v) is 6.47. The highest BCUT2D eigenvalue weighted by Gasteiger charge is 2.29. The molecule has 0 aromatic carbocycles. The molecule has 0 spiro atoms. The minimum atomic E-state index is -3.75. The van der Waals surface area contributed by atoms with Crippen LogP contribution in [0.1, 0.15) is 19.3 Å². The Balaban J connectivity index is 2.16. The van der Waals surface area contributed by atoms with Gasteiger partial charge in [0.1, 0.15) is 9.23 Å². The fraction of sp³-hybridized carbons (Fsp3) is 0.462. The van der Waals surface area contributed by atoms with Gasteiger partial charge in [0.25, 0.3) is 0 Å². The Morgan fingerprint density at radius 2 is 2.09 bits per heavy atom. The van der Waals surface area contributed by atoms with Crippen molar-refractivity contribution in [2.75, 3.05) is 14.1 Å². The van der Waals surface area contributed by atoms with Crippen molar-refractivity contribution in [3.05, 3.63) is 26.5 Å². The summed E-state index contributed by atoms with van der Waals surface area (Å²) in [6.07, 6.45) is 2.90. The molecule has 1 saturated carbocycles. The summed E-state index contributed by atoms with van der Waals surface area (Å²) in [6.45, 7) is 0. The fourth-order valence-corrected chi connectivity index (χ4v) is 5.70. The summed E-state index contributed by atoms with van der Waals surface area (Å²) >= 11 is 12.7. The number of thiophene rings is 1. The maximum Gasteiger partial charge on any atom is 0.243 e. The average molecular weight is 383 g/mol. The van der Waals surface area contributed by atoms with Crippen molar-refractivity contribution in [1.82, 2.24) is 9.62 Å². The van der Waals surface area contributed by atoms with Gasteiger partial charge in [-0.2, -0.15) is 0 Å². The summed E-state index contributed by atoms with van der Waals surface area (Å²) in [4.78, 5) is 13.6. The Hall–Kier alpha value is -0.600. The molecule has 2 rings (SSSR count).